The highest BCUT2D eigenvalue weighted by Crippen LogP contribution is 2.26. The van der Waals surface area contributed by atoms with Crippen molar-refractivity contribution in [1.82, 2.24) is 4.31 Å². The first-order valence-electron chi connectivity index (χ1n) is 5.81. The zero-order valence-electron chi connectivity index (χ0n) is 10.6. The standard InChI is InChI=1S/C11H13BrFNO4S2/c1-8-7-19(15,16)5-4-14(8)20(17,18)11-3-2-9(12)6-10(11)13/h2-3,6,8H,4-5,7H2,1H3. The molecule has 112 valence electrons. The van der Waals surface area contributed by atoms with Crippen molar-refractivity contribution in [2.45, 2.75) is 17.9 Å². The van der Waals surface area contributed by atoms with Crippen molar-refractivity contribution < 1.29 is 21.2 Å². The second-order valence-corrected chi connectivity index (χ2v) is 9.66. The van der Waals surface area contributed by atoms with E-state index in [0.717, 1.165) is 10.4 Å². The summed E-state index contributed by atoms with van der Waals surface area (Å²) in [4.78, 5) is -0.438. The molecule has 1 saturated heterocycles. The van der Waals surface area contributed by atoms with Gasteiger partial charge in [0.2, 0.25) is 10.0 Å². The molecular formula is C11H13BrFNO4S2. The van der Waals surface area contributed by atoms with Crippen molar-refractivity contribution in [1.29, 1.82) is 0 Å². The maximum Gasteiger partial charge on any atom is 0.246 e. The van der Waals surface area contributed by atoms with Crippen molar-refractivity contribution in [3.8, 4) is 0 Å². The summed E-state index contributed by atoms with van der Waals surface area (Å²) in [6.45, 7) is 1.35. The van der Waals surface area contributed by atoms with E-state index in [0.29, 0.717) is 4.47 Å². The Morgan fingerprint density at radius 2 is 2.05 bits per heavy atom. The van der Waals surface area contributed by atoms with Gasteiger partial charge < -0.3 is 0 Å². The van der Waals surface area contributed by atoms with Crippen LogP contribution in [0.2, 0.25) is 0 Å². The van der Waals surface area contributed by atoms with Gasteiger partial charge in [-0.25, -0.2) is 21.2 Å². The molecule has 0 aliphatic carbocycles. The molecule has 2 rings (SSSR count). The predicted octanol–water partition coefficient (Wildman–Crippen LogP) is 1.40. The minimum atomic E-state index is -4.04. The fraction of sp³-hybridized carbons (Fsp3) is 0.455. The largest absolute Gasteiger partial charge is 0.246 e. The van der Waals surface area contributed by atoms with Crippen LogP contribution in [0.15, 0.2) is 27.6 Å². The molecule has 1 heterocycles. The van der Waals surface area contributed by atoms with Crippen LogP contribution in [-0.4, -0.2) is 45.2 Å². The first kappa shape index (κ1) is 15.9. The third kappa shape index (κ3) is 3.05. The van der Waals surface area contributed by atoms with E-state index < -0.39 is 36.6 Å². The summed E-state index contributed by atoms with van der Waals surface area (Å²) >= 11 is 3.06. The van der Waals surface area contributed by atoms with Gasteiger partial charge in [0.15, 0.2) is 9.84 Å². The zero-order chi connectivity index (χ0) is 15.1. The number of sulfone groups is 1. The fourth-order valence-corrected chi connectivity index (χ4v) is 5.93. The summed E-state index contributed by atoms with van der Waals surface area (Å²) in [5.74, 6) is -1.35. The maximum absolute atomic E-state index is 13.8. The molecule has 9 heteroatoms. The van der Waals surface area contributed by atoms with Crippen LogP contribution in [0.5, 0.6) is 0 Å². The molecule has 0 N–H and O–H groups in total. The van der Waals surface area contributed by atoms with Crippen LogP contribution in [0, 0.1) is 5.82 Å². The molecule has 1 aromatic carbocycles. The van der Waals surface area contributed by atoms with Crippen molar-refractivity contribution in [3.63, 3.8) is 0 Å². The highest BCUT2D eigenvalue weighted by molar-refractivity contribution is 9.10. The zero-order valence-corrected chi connectivity index (χ0v) is 13.8. The van der Waals surface area contributed by atoms with Crippen LogP contribution >= 0.6 is 15.9 Å². The molecule has 0 spiro atoms. The van der Waals surface area contributed by atoms with Gasteiger partial charge in [0.05, 0.1) is 11.5 Å². The second-order valence-electron chi connectivity index (χ2n) is 4.65. The number of halogens is 2. The van der Waals surface area contributed by atoms with Gasteiger partial charge in [-0.1, -0.05) is 15.9 Å². The SMILES string of the molecule is CC1CS(=O)(=O)CCN1S(=O)(=O)c1ccc(Br)cc1F. The Balaban J connectivity index is 2.41. The molecule has 0 aromatic heterocycles. The number of sulfonamides is 1. The first-order valence-corrected chi connectivity index (χ1v) is 9.86. The third-order valence-electron chi connectivity index (χ3n) is 3.09. The topological polar surface area (TPSA) is 71.5 Å². The average Bonchev–Trinajstić information content (AvgIpc) is 2.26. The molecule has 5 nitrogen and oxygen atoms in total. The Labute approximate surface area is 125 Å². The lowest BCUT2D eigenvalue weighted by Crippen LogP contribution is -2.49. The number of hydrogen-bond acceptors (Lipinski definition) is 4. The highest BCUT2D eigenvalue weighted by atomic mass is 79.9. The summed E-state index contributed by atoms with van der Waals surface area (Å²) in [5.41, 5.74) is 0. The van der Waals surface area contributed by atoms with E-state index in [2.05, 4.69) is 15.9 Å². The molecule has 0 radical (unpaired) electrons. The Kier molecular flexibility index (Phi) is 4.25. The van der Waals surface area contributed by atoms with Crippen molar-refractivity contribution >= 4 is 35.8 Å². The van der Waals surface area contributed by atoms with Crippen LogP contribution in [0.3, 0.4) is 0 Å². The Hall–Kier alpha value is -0.510. The normalized spacial score (nSPS) is 23.6. The summed E-state index contributed by atoms with van der Waals surface area (Å²) in [6.07, 6.45) is 0. The van der Waals surface area contributed by atoms with Gasteiger partial charge in [-0.05, 0) is 25.1 Å². The van der Waals surface area contributed by atoms with E-state index in [9.17, 15) is 21.2 Å². The highest BCUT2D eigenvalue weighted by Gasteiger charge is 2.37. The van der Waals surface area contributed by atoms with Crippen LogP contribution in [-0.2, 0) is 19.9 Å². The number of rotatable bonds is 2. The van der Waals surface area contributed by atoms with E-state index in [-0.39, 0.29) is 18.1 Å². The van der Waals surface area contributed by atoms with Gasteiger partial charge in [-0.2, -0.15) is 4.31 Å². The number of hydrogen-bond donors (Lipinski definition) is 0. The van der Waals surface area contributed by atoms with Crippen LogP contribution < -0.4 is 0 Å². The molecule has 1 atom stereocenters. The van der Waals surface area contributed by atoms with E-state index in [1.807, 2.05) is 0 Å². The summed E-state index contributed by atoms with van der Waals surface area (Å²) in [5, 5.41) is 0. The summed E-state index contributed by atoms with van der Waals surface area (Å²) in [7, 11) is -7.27. The molecule has 1 aliphatic heterocycles. The fourth-order valence-electron chi connectivity index (χ4n) is 2.15. The molecule has 0 bridgehead atoms. The van der Waals surface area contributed by atoms with E-state index >= 15 is 0 Å². The Morgan fingerprint density at radius 1 is 1.40 bits per heavy atom. The smallest absolute Gasteiger partial charge is 0.229 e. The van der Waals surface area contributed by atoms with Gasteiger partial charge in [0.25, 0.3) is 0 Å². The number of nitrogens with zero attached hydrogens (tertiary/aromatic N) is 1. The van der Waals surface area contributed by atoms with Gasteiger partial charge in [-0.3, -0.25) is 0 Å². The van der Waals surface area contributed by atoms with E-state index in [4.69, 9.17) is 0 Å². The minimum absolute atomic E-state index is 0.151. The predicted molar refractivity (Wildman–Crippen MR) is 76.1 cm³/mol. The van der Waals surface area contributed by atoms with Crippen LogP contribution in [0.4, 0.5) is 4.39 Å². The maximum atomic E-state index is 13.8. The van der Waals surface area contributed by atoms with Gasteiger partial charge in [-0.15, -0.1) is 0 Å². The van der Waals surface area contributed by atoms with Crippen LogP contribution in [0.25, 0.3) is 0 Å². The molecule has 0 amide bonds. The lowest BCUT2D eigenvalue weighted by molar-refractivity contribution is 0.355. The molecular weight excluding hydrogens is 373 g/mol. The quantitative estimate of drug-likeness (QED) is 0.771. The van der Waals surface area contributed by atoms with Gasteiger partial charge >= 0.3 is 0 Å². The molecule has 1 unspecified atom stereocenters. The van der Waals surface area contributed by atoms with E-state index in [1.165, 1.54) is 19.1 Å². The molecule has 1 aliphatic rings. The van der Waals surface area contributed by atoms with Crippen molar-refractivity contribution in [2.24, 2.45) is 0 Å². The Bertz CT molecular complexity index is 733. The van der Waals surface area contributed by atoms with E-state index in [1.54, 1.807) is 0 Å². The van der Waals surface area contributed by atoms with Gasteiger partial charge in [0.1, 0.15) is 10.7 Å². The van der Waals surface area contributed by atoms with Crippen LogP contribution in [0.1, 0.15) is 6.92 Å². The summed E-state index contributed by atoms with van der Waals surface area (Å²) in [6, 6.07) is 2.96. The van der Waals surface area contributed by atoms with Crippen molar-refractivity contribution in [2.75, 3.05) is 18.1 Å². The van der Waals surface area contributed by atoms with Crippen molar-refractivity contribution in [3.05, 3.63) is 28.5 Å². The third-order valence-corrected chi connectivity index (χ3v) is 7.42. The molecule has 0 saturated carbocycles. The summed E-state index contributed by atoms with van der Waals surface area (Å²) < 4.78 is 63.1. The lowest BCUT2D eigenvalue weighted by Gasteiger charge is -2.32. The Morgan fingerprint density at radius 3 is 2.60 bits per heavy atom. The average molecular weight is 386 g/mol. The second kappa shape index (κ2) is 5.36. The molecule has 20 heavy (non-hydrogen) atoms. The minimum Gasteiger partial charge on any atom is -0.229 e. The number of benzene rings is 1. The molecule has 1 aromatic rings. The first-order chi connectivity index (χ1) is 9.13. The molecule has 1 fully saturated rings. The monoisotopic (exact) mass is 385 g/mol. The lowest BCUT2D eigenvalue weighted by atomic mass is 10.3. The van der Waals surface area contributed by atoms with Gasteiger partial charge in [0, 0.05) is 17.1 Å².